The van der Waals surface area contributed by atoms with Crippen LogP contribution in [0.1, 0.15) is 5.56 Å². The van der Waals surface area contributed by atoms with Gasteiger partial charge >= 0.3 is 0 Å². The number of amides is 1. The van der Waals surface area contributed by atoms with Gasteiger partial charge in [0.25, 0.3) is 11.6 Å². The number of nitro groups is 1. The average Bonchev–Trinajstić information content (AvgIpc) is 2.86. The Hall–Kier alpha value is -1.87. The highest BCUT2D eigenvalue weighted by Gasteiger charge is 2.23. The van der Waals surface area contributed by atoms with Gasteiger partial charge in [-0.1, -0.05) is 59.5 Å². The largest absolute Gasteiger partial charge is 0.307 e. The molecule has 1 amide bonds. The third kappa shape index (κ3) is 4.40. The van der Waals surface area contributed by atoms with E-state index in [0.29, 0.717) is 24.7 Å². The van der Waals surface area contributed by atoms with Gasteiger partial charge in [-0.3, -0.25) is 14.9 Å². The minimum atomic E-state index is -0.443. The van der Waals surface area contributed by atoms with Crippen molar-refractivity contribution in [2.24, 2.45) is 0 Å². The zero-order valence-electron chi connectivity index (χ0n) is 12.4. The molecule has 9 heteroatoms. The number of nitrogens with zero attached hydrogens (tertiary/aromatic N) is 1. The van der Waals surface area contributed by atoms with Gasteiger partial charge in [0.05, 0.1) is 14.7 Å². The van der Waals surface area contributed by atoms with E-state index in [9.17, 15) is 14.9 Å². The van der Waals surface area contributed by atoms with Gasteiger partial charge in [-0.15, -0.1) is 0 Å². The zero-order valence-corrected chi connectivity index (χ0v) is 15.6. The highest BCUT2D eigenvalue weighted by atomic mass is 35.5. The van der Waals surface area contributed by atoms with Gasteiger partial charge in [0.2, 0.25) is 0 Å². The van der Waals surface area contributed by atoms with E-state index >= 15 is 0 Å². The first-order valence-electron chi connectivity index (χ1n) is 6.89. The SMILES string of the molecule is O=C1NC(=S)S/C1=C\c1ccc(Sc2cccc(Cl)c2)c([N+](=O)[O-])c1. The minimum absolute atomic E-state index is 0.0368. The van der Waals surface area contributed by atoms with Crippen LogP contribution in [0, 0.1) is 10.1 Å². The van der Waals surface area contributed by atoms with Crippen LogP contribution in [-0.4, -0.2) is 15.2 Å². The van der Waals surface area contributed by atoms with Crippen LogP contribution in [0.5, 0.6) is 0 Å². The molecule has 2 aromatic carbocycles. The van der Waals surface area contributed by atoms with Crippen molar-refractivity contribution in [1.29, 1.82) is 0 Å². The second-order valence-corrected chi connectivity index (χ2v) is 8.17. The summed E-state index contributed by atoms with van der Waals surface area (Å²) in [6.07, 6.45) is 1.58. The Bertz CT molecular complexity index is 931. The van der Waals surface area contributed by atoms with Crippen molar-refractivity contribution in [3.63, 3.8) is 0 Å². The summed E-state index contributed by atoms with van der Waals surface area (Å²) in [6, 6.07) is 11.9. The highest BCUT2D eigenvalue weighted by Crippen LogP contribution is 2.37. The Kier molecular flexibility index (Phi) is 5.43. The van der Waals surface area contributed by atoms with Crippen LogP contribution < -0.4 is 5.32 Å². The number of carbonyl (C=O) groups is 1. The summed E-state index contributed by atoms with van der Waals surface area (Å²) in [4.78, 5) is 24.4. The molecule has 0 aromatic heterocycles. The first kappa shape index (κ1) is 17.9. The number of carbonyl (C=O) groups excluding carboxylic acids is 1. The molecule has 0 unspecified atom stereocenters. The Morgan fingerprint density at radius 1 is 1.28 bits per heavy atom. The Labute approximate surface area is 162 Å². The summed E-state index contributed by atoms with van der Waals surface area (Å²) in [5.41, 5.74) is 0.523. The van der Waals surface area contributed by atoms with E-state index in [1.165, 1.54) is 17.8 Å². The number of nitro benzene ring substituents is 1. The number of halogens is 1. The van der Waals surface area contributed by atoms with Gasteiger partial charge in [-0.2, -0.15) is 0 Å². The lowest BCUT2D eigenvalue weighted by Gasteiger charge is -2.05. The molecule has 1 saturated heterocycles. The number of thiocarbonyl (C=S) groups is 1. The monoisotopic (exact) mass is 408 g/mol. The Balaban J connectivity index is 1.93. The number of hydrogen-bond donors (Lipinski definition) is 1. The highest BCUT2D eigenvalue weighted by molar-refractivity contribution is 8.26. The smallest absolute Gasteiger partial charge is 0.283 e. The van der Waals surface area contributed by atoms with Crippen molar-refractivity contribution in [3.8, 4) is 0 Å². The minimum Gasteiger partial charge on any atom is -0.307 e. The fraction of sp³-hybridized carbons (Fsp3) is 0. The lowest BCUT2D eigenvalue weighted by Crippen LogP contribution is -2.17. The zero-order chi connectivity index (χ0) is 18.0. The number of benzene rings is 2. The normalized spacial score (nSPS) is 15.5. The van der Waals surface area contributed by atoms with E-state index in [4.69, 9.17) is 23.8 Å². The maximum Gasteiger partial charge on any atom is 0.283 e. The van der Waals surface area contributed by atoms with Crippen LogP contribution in [0.4, 0.5) is 5.69 Å². The summed E-state index contributed by atoms with van der Waals surface area (Å²) in [5, 5.41) is 14.5. The van der Waals surface area contributed by atoms with Crippen LogP contribution in [0.15, 0.2) is 57.2 Å². The van der Waals surface area contributed by atoms with Crippen molar-refractivity contribution in [2.75, 3.05) is 0 Å². The van der Waals surface area contributed by atoms with E-state index in [1.54, 1.807) is 36.4 Å². The summed E-state index contributed by atoms with van der Waals surface area (Å²) >= 11 is 13.3. The van der Waals surface area contributed by atoms with Gasteiger partial charge < -0.3 is 5.32 Å². The molecule has 1 aliphatic heterocycles. The van der Waals surface area contributed by atoms with Crippen LogP contribution in [0.2, 0.25) is 5.02 Å². The van der Waals surface area contributed by atoms with Crippen LogP contribution in [-0.2, 0) is 4.79 Å². The molecule has 1 heterocycles. The second kappa shape index (κ2) is 7.57. The van der Waals surface area contributed by atoms with Gasteiger partial charge in [-0.05, 0) is 35.9 Å². The fourth-order valence-corrected chi connectivity index (χ4v) is 4.34. The number of nitrogens with one attached hydrogen (secondary N) is 1. The molecular weight excluding hydrogens is 400 g/mol. The van der Waals surface area contributed by atoms with Crippen LogP contribution in [0.3, 0.4) is 0 Å². The summed E-state index contributed by atoms with van der Waals surface area (Å²) < 4.78 is 0.374. The third-order valence-electron chi connectivity index (χ3n) is 3.14. The molecule has 1 aliphatic rings. The molecule has 3 rings (SSSR count). The molecule has 0 aliphatic carbocycles. The van der Waals surface area contributed by atoms with E-state index < -0.39 is 4.92 Å². The van der Waals surface area contributed by atoms with Gasteiger partial charge in [0.15, 0.2) is 0 Å². The Morgan fingerprint density at radius 3 is 2.72 bits per heavy atom. The molecule has 5 nitrogen and oxygen atoms in total. The standard InChI is InChI=1S/C16H9ClN2O3S3/c17-10-2-1-3-11(8-10)24-13-5-4-9(6-12(13)19(21)22)7-14-15(20)18-16(23)25-14/h1-8H,(H,18,20,23)/b14-7-. The van der Waals surface area contributed by atoms with E-state index in [-0.39, 0.29) is 11.6 Å². The van der Waals surface area contributed by atoms with Gasteiger partial charge in [0.1, 0.15) is 4.32 Å². The van der Waals surface area contributed by atoms with Gasteiger partial charge in [-0.25, -0.2) is 0 Å². The lowest BCUT2D eigenvalue weighted by molar-refractivity contribution is -0.387. The molecule has 0 bridgehead atoms. The van der Waals surface area contributed by atoms with Crippen molar-refractivity contribution in [2.45, 2.75) is 9.79 Å². The summed E-state index contributed by atoms with van der Waals surface area (Å²) in [5.74, 6) is -0.296. The van der Waals surface area contributed by atoms with E-state index in [0.717, 1.165) is 16.7 Å². The lowest BCUT2D eigenvalue weighted by atomic mass is 10.2. The third-order valence-corrected chi connectivity index (χ3v) is 5.60. The number of hydrogen-bond acceptors (Lipinski definition) is 6. The quantitative estimate of drug-likeness (QED) is 0.336. The maximum absolute atomic E-state index is 11.7. The molecule has 0 atom stereocenters. The number of thioether (sulfide) groups is 1. The predicted molar refractivity (Wildman–Crippen MR) is 105 cm³/mol. The number of rotatable bonds is 4. The Morgan fingerprint density at radius 2 is 2.08 bits per heavy atom. The van der Waals surface area contributed by atoms with E-state index in [1.807, 2.05) is 6.07 Å². The molecule has 0 saturated carbocycles. The molecule has 1 fully saturated rings. The van der Waals surface area contributed by atoms with Crippen molar-refractivity contribution in [3.05, 3.63) is 68.1 Å². The van der Waals surface area contributed by atoms with E-state index in [2.05, 4.69) is 5.32 Å². The molecular formula is C16H9ClN2O3S3. The first-order chi connectivity index (χ1) is 11.9. The second-order valence-electron chi connectivity index (χ2n) is 4.90. The first-order valence-corrected chi connectivity index (χ1v) is 9.31. The molecule has 0 spiro atoms. The molecule has 25 heavy (non-hydrogen) atoms. The predicted octanol–water partition coefficient (Wildman–Crippen LogP) is 4.89. The maximum atomic E-state index is 11.7. The molecule has 2 aromatic rings. The van der Waals surface area contributed by atoms with Crippen molar-refractivity contribution < 1.29 is 9.72 Å². The summed E-state index contributed by atoms with van der Waals surface area (Å²) in [7, 11) is 0. The van der Waals surface area contributed by atoms with Crippen molar-refractivity contribution >= 4 is 69.3 Å². The average molecular weight is 409 g/mol. The fourth-order valence-electron chi connectivity index (χ4n) is 2.08. The van der Waals surface area contributed by atoms with Crippen LogP contribution >= 0.6 is 47.3 Å². The van der Waals surface area contributed by atoms with Gasteiger partial charge in [0, 0.05) is 16.0 Å². The molecule has 0 radical (unpaired) electrons. The van der Waals surface area contributed by atoms with Crippen molar-refractivity contribution in [1.82, 2.24) is 5.32 Å². The summed E-state index contributed by atoms with van der Waals surface area (Å²) in [6.45, 7) is 0. The van der Waals surface area contributed by atoms with Crippen LogP contribution in [0.25, 0.3) is 6.08 Å². The molecule has 126 valence electrons. The topological polar surface area (TPSA) is 72.2 Å². The molecule has 1 N–H and O–H groups in total.